The number of carbonyl (C=O) groups excluding carboxylic acids is 1. The van der Waals surface area contributed by atoms with Crippen molar-refractivity contribution in [1.82, 2.24) is 5.32 Å². The van der Waals surface area contributed by atoms with Crippen LogP contribution in [0.4, 0.5) is 0 Å². The van der Waals surface area contributed by atoms with E-state index in [1.54, 1.807) is 11.8 Å². The van der Waals surface area contributed by atoms with Gasteiger partial charge in [0, 0.05) is 16.7 Å². The summed E-state index contributed by atoms with van der Waals surface area (Å²) >= 11 is 1.75. The molecule has 0 saturated heterocycles. The molecule has 0 aliphatic carbocycles. The summed E-state index contributed by atoms with van der Waals surface area (Å²) in [5.74, 6) is 0.104. The number of nitrogens with one attached hydrogen (secondary N) is 1. The molecular weight excluding hydrogens is 244 g/mol. The van der Waals surface area contributed by atoms with E-state index < -0.39 is 6.04 Å². The Labute approximate surface area is 114 Å². The highest BCUT2D eigenvalue weighted by atomic mass is 32.2. The molecule has 0 aromatic heterocycles. The van der Waals surface area contributed by atoms with Crippen molar-refractivity contribution in [2.75, 3.05) is 6.54 Å². The van der Waals surface area contributed by atoms with Gasteiger partial charge in [-0.15, -0.1) is 11.8 Å². The number of thioether (sulfide) groups is 1. The summed E-state index contributed by atoms with van der Waals surface area (Å²) in [5.41, 5.74) is 5.78. The molecule has 18 heavy (non-hydrogen) atoms. The Hall–Kier alpha value is -1.00. The Morgan fingerprint density at radius 2 is 1.89 bits per heavy atom. The van der Waals surface area contributed by atoms with Gasteiger partial charge in [-0.1, -0.05) is 39.0 Å². The van der Waals surface area contributed by atoms with Crippen molar-refractivity contribution < 1.29 is 4.79 Å². The summed E-state index contributed by atoms with van der Waals surface area (Å²) < 4.78 is 0. The summed E-state index contributed by atoms with van der Waals surface area (Å²) in [7, 11) is 0. The summed E-state index contributed by atoms with van der Waals surface area (Å²) in [6.07, 6.45) is 0. The number of nitrogens with two attached hydrogens (primary N) is 1. The standard InChI is InChI=1S/C14H22N2OS/c1-10(2)13(15)14(17)16-9-11(3)18-12-7-5-4-6-8-12/h4-8,10-11,13H,9,15H2,1-3H3,(H,16,17)/t11?,13-/m0/s1. The Morgan fingerprint density at radius 1 is 1.28 bits per heavy atom. The molecule has 1 rings (SSSR count). The van der Waals surface area contributed by atoms with E-state index in [1.165, 1.54) is 4.90 Å². The molecule has 0 bridgehead atoms. The van der Waals surface area contributed by atoms with E-state index in [0.717, 1.165) is 0 Å². The molecule has 0 heterocycles. The molecule has 0 radical (unpaired) electrons. The molecule has 3 N–H and O–H groups in total. The van der Waals surface area contributed by atoms with E-state index in [-0.39, 0.29) is 11.8 Å². The van der Waals surface area contributed by atoms with Gasteiger partial charge in [-0.05, 0) is 18.1 Å². The lowest BCUT2D eigenvalue weighted by molar-refractivity contribution is -0.123. The minimum absolute atomic E-state index is 0.0643. The lowest BCUT2D eigenvalue weighted by Gasteiger charge is -2.17. The lowest BCUT2D eigenvalue weighted by Crippen LogP contribution is -2.45. The third-order valence-corrected chi connectivity index (χ3v) is 3.78. The predicted octanol–water partition coefficient (Wildman–Crippen LogP) is 2.27. The molecular formula is C14H22N2OS. The van der Waals surface area contributed by atoms with Gasteiger partial charge in [-0.25, -0.2) is 0 Å². The second-order valence-corrected chi connectivity index (χ2v) is 6.27. The van der Waals surface area contributed by atoms with E-state index in [9.17, 15) is 4.79 Å². The first-order valence-electron chi connectivity index (χ1n) is 6.25. The monoisotopic (exact) mass is 266 g/mol. The van der Waals surface area contributed by atoms with Gasteiger partial charge in [0.25, 0.3) is 0 Å². The third-order valence-electron chi connectivity index (χ3n) is 2.67. The van der Waals surface area contributed by atoms with E-state index >= 15 is 0 Å². The van der Waals surface area contributed by atoms with Gasteiger partial charge in [-0.2, -0.15) is 0 Å². The van der Waals surface area contributed by atoms with E-state index in [1.807, 2.05) is 32.0 Å². The SMILES string of the molecule is CC(CNC(=O)[C@@H](N)C(C)C)Sc1ccccc1. The van der Waals surface area contributed by atoms with Crippen molar-refractivity contribution in [3.8, 4) is 0 Å². The highest BCUT2D eigenvalue weighted by molar-refractivity contribution is 8.00. The number of benzene rings is 1. The van der Waals surface area contributed by atoms with Gasteiger partial charge in [0.05, 0.1) is 6.04 Å². The number of hydrogen-bond acceptors (Lipinski definition) is 3. The van der Waals surface area contributed by atoms with Crippen molar-refractivity contribution >= 4 is 17.7 Å². The highest BCUT2D eigenvalue weighted by Crippen LogP contribution is 2.21. The molecule has 2 atom stereocenters. The number of amides is 1. The maximum absolute atomic E-state index is 11.7. The Kier molecular flexibility index (Phi) is 6.22. The van der Waals surface area contributed by atoms with Crippen molar-refractivity contribution in [2.45, 2.75) is 37.0 Å². The molecule has 1 amide bonds. The summed E-state index contributed by atoms with van der Waals surface area (Å²) in [6.45, 7) is 6.64. The van der Waals surface area contributed by atoms with E-state index in [0.29, 0.717) is 11.8 Å². The first kappa shape index (κ1) is 15.1. The molecule has 4 heteroatoms. The maximum atomic E-state index is 11.7. The summed E-state index contributed by atoms with van der Waals surface area (Å²) in [4.78, 5) is 12.9. The topological polar surface area (TPSA) is 55.1 Å². The number of carbonyl (C=O) groups is 1. The second-order valence-electron chi connectivity index (χ2n) is 4.76. The molecule has 100 valence electrons. The predicted molar refractivity (Wildman–Crippen MR) is 77.6 cm³/mol. The Balaban J connectivity index is 2.33. The van der Waals surface area contributed by atoms with Crippen LogP contribution in [-0.4, -0.2) is 23.7 Å². The molecule has 0 saturated carbocycles. The minimum atomic E-state index is -0.418. The van der Waals surface area contributed by atoms with Crippen LogP contribution in [0.25, 0.3) is 0 Å². The number of rotatable bonds is 6. The van der Waals surface area contributed by atoms with Gasteiger partial charge in [0.15, 0.2) is 0 Å². The fourth-order valence-electron chi connectivity index (χ4n) is 1.44. The van der Waals surface area contributed by atoms with Crippen molar-refractivity contribution in [1.29, 1.82) is 0 Å². The zero-order valence-corrected chi connectivity index (χ0v) is 12.0. The van der Waals surface area contributed by atoms with Gasteiger partial charge in [0.1, 0.15) is 0 Å². The fourth-order valence-corrected chi connectivity index (χ4v) is 2.38. The number of hydrogen-bond donors (Lipinski definition) is 2. The van der Waals surface area contributed by atoms with Crippen LogP contribution < -0.4 is 11.1 Å². The van der Waals surface area contributed by atoms with Crippen LogP contribution in [0.3, 0.4) is 0 Å². The Morgan fingerprint density at radius 3 is 2.44 bits per heavy atom. The molecule has 1 unspecified atom stereocenters. The van der Waals surface area contributed by atoms with Crippen LogP contribution in [0, 0.1) is 5.92 Å². The Bertz CT molecular complexity index is 367. The average molecular weight is 266 g/mol. The lowest BCUT2D eigenvalue weighted by atomic mass is 10.1. The normalized spacial score (nSPS) is 14.3. The van der Waals surface area contributed by atoms with E-state index in [2.05, 4.69) is 24.4 Å². The van der Waals surface area contributed by atoms with Crippen molar-refractivity contribution in [3.05, 3.63) is 30.3 Å². The molecule has 1 aromatic carbocycles. The average Bonchev–Trinajstić information content (AvgIpc) is 2.36. The van der Waals surface area contributed by atoms with Crippen LogP contribution in [0.1, 0.15) is 20.8 Å². The summed E-state index contributed by atoms with van der Waals surface area (Å²) in [6, 6.07) is 9.76. The van der Waals surface area contributed by atoms with E-state index in [4.69, 9.17) is 5.73 Å². The van der Waals surface area contributed by atoms with Gasteiger partial charge in [0.2, 0.25) is 5.91 Å². The zero-order valence-electron chi connectivity index (χ0n) is 11.2. The zero-order chi connectivity index (χ0) is 13.5. The first-order chi connectivity index (χ1) is 8.50. The largest absolute Gasteiger partial charge is 0.354 e. The molecule has 3 nitrogen and oxygen atoms in total. The van der Waals surface area contributed by atoms with Crippen LogP contribution in [0.15, 0.2) is 35.2 Å². The first-order valence-corrected chi connectivity index (χ1v) is 7.13. The quantitative estimate of drug-likeness (QED) is 0.777. The van der Waals surface area contributed by atoms with Crippen molar-refractivity contribution in [3.63, 3.8) is 0 Å². The molecule has 0 aliphatic rings. The van der Waals surface area contributed by atoms with Crippen LogP contribution in [-0.2, 0) is 4.79 Å². The molecule has 0 aliphatic heterocycles. The second kappa shape index (κ2) is 7.44. The maximum Gasteiger partial charge on any atom is 0.237 e. The minimum Gasteiger partial charge on any atom is -0.354 e. The third kappa shape index (κ3) is 5.10. The van der Waals surface area contributed by atoms with Gasteiger partial charge >= 0.3 is 0 Å². The van der Waals surface area contributed by atoms with Crippen molar-refractivity contribution in [2.24, 2.45) is 11.7 Å². The van der Waals surface area contributed by atoms with Crippen LogP contribution in [0.2, 0.25) is 0 Å². The van der Waals surface area contributed by atoms with Crippen LogP contribution >= 0.6 is 11.8 Å². The smallest absolute Gasteiger partial charge is 0.237 e. The molecule has 1 aromatic rings. The van der Waals surface area contributed by atoms with Gasteiger partial charge < -0.3 is 11.1 Å². The molecule has 0 fully saturated rings. The van der Waals surface area contributed by atoms with Gasteiger partial charge in [-0.3, -0.25) is 4.79 Å². The fraction of sp³-hybridized carbons (Fsp3) is 0.500. The highest BCUT2D eigenvalue weighted by Gasteiger charge is 2.17. The summed E-state index contributed by atoms with van der Waals surface area (Å²) in [5, 5.41) is 3.23. The van der Waals surface area contributed by atoms with Crippen LogP contribution in [0.5, 0.6) is 0 Å². The molecule has 0 spiro atoms.